The molecule has 2 amide bonds. The van der Waals surface area contributed by atoms with Crippen LogP contribution >= 0.6 is 0 Å². The molecule has 8 unspecified atom stereocenters. The highest BCUT2D eigenvalue weighted by Gasteiger charge is 2.59. The monoisotopic (exact) mass is 486 g/mol. The van der Waals surface area contributed by atoms with E-state index < -0.39 is 6.04 Å². The zero-order chi connectivity index (χ0) is 25.2. The Kier molecular flexibility index (Phi) is 8.32. The van der Waals surface area contributed by atoms with Crippen molar-refractivity contribution in [2.24, 2.45) is 46.3 Å². The highest BCUT2D eigenvalue weighted by Crippen LogP contribution is 2.67. The zero-order valence-electron chi connectivity index (χ0n) is 22.7. The first kappa shape index (κ1) is 26.7. The Bertz CT molecular complexity index is 782. The average Bonchev–Trinajstić information content (AvgIpc) is 3.16. The van der Waals surface area contributed by atoms with Gasteiger partial charge in [-0.05, 0) is 111 Å². The lowest BCUT2D eigenvalue weighted by molar-refractivity contribution is -0.130. The van der Waals surface area contributed by atoms with E-state index in [2.05, 4.69) is 24.5 Å². The molecule has 0 heterocycles. The van der Waals surface area contributed by atoms with Crippen LogP contribution in [-0.2, 0) is 14.4 Å². The molecule has 0 aromatic carbocycles. The van der Waals surface area contributed by atoms with Crippen molar-refractivity contribution in [2.45, 2.75) is 117 Å². The van der Waals surface area contributed by atoms with Crippen LogP contribution in [0.15, 0.2) is 0 Å². The molecule has 5 nitrogen and oxygen atoms in total. The van der Waals surface area contributed by atoms with Crippen LogP contribution < -0.4 is 10.6 Å². The van der Waals surface area contributed by atoms with E-state index in [9.17, 15) is 14.4 Å². The molecular weight excluding hydrogens is 436 g/mol. The van der Waals surface area contributed by atoms with Gasteiger partial charge in [-0.15, -0.1) is 0 Å². The van der Waals surface area contributed by atoms with E-state index in [1.54, 1.807) is 0 Å². The van der Waals surface area contributed by atoms with Gasteiger partial charge >= 0.3 is 0 Å². The van der Waals surface area contributed by atoms with Crippen LogP contribution in [0.2, 0.25) is 0 Å². The average molecular weight is 487 g/mol. The second-order valence-electron chi connectivity index (χ2n) is 13.3. The highest BCUT2D eigenvalue weighted by molar-refractivity contribution is 5.88. The second kappa shape index (κ2) is 10.9. The minimum Gasteiger partial charge on any atom is -0.348 e. The van der Waals surface area contributed by atoms with Gasteiger partial charge in [-0.3, -0.25) is 9.59 Å². The van der Waals surface area contributed by atoms with Crippen molar-refractivity contribution in [2.75, 3.05) is 6.54 Å². The van der Waals surface area contributed by atoms with E-state index in [-0.39, 0.29) is 24.3 Å². The number of rotatable bonds is 9. The summed E-state index contributed by atoms with van der Waals surface area (Å²) in [6, 6.07) is -0.581. The van der Waals surface area contributed by atoms with Crippen molar-refractivity contribution >= 4 is 18.1 Å². The standard InChI is InChI=1S/C30H50N2O3/c1-20(2)27(28(35)31-18-19-33)32-26(34)10-7-9-22-12-14-24-23-13-11-21-8-5-6-16-29(21,3)25(23)15-17-30(22,24)4/h19-25,27H,5-18H2,1-4H3,(H,31,35)(H,32,34). The van der Waals surface area contributed by atoms with Crippen molar-refractivity contribution in [3.05, 3.63) is 0 Å². The molecule has 8 atom stereocenters. The SMILES string of the molecule is CC(C)C(NC(=O)CCCC1CCC2C3CCC4CCCCC4(C)C3CCC12C)C(=O)NCC=O. The van der Waals surface area contributed by atoms with Crippen LogP contribution in [0.4, 0.5) is 0 Å². The number of hydrogen-bond donors (Lipinski definition) is 2. The molecule has 0 spiro atoms. The number of amides is 2. The van der Waals surface area contributed by atoms with E-state index >= 15 is 0 Å². The van der Waals surface area contributed by atoms with Gasteiger partial charge in [0.1, 0.15) is 12.3 Å². The van der Waals surface area contributed by atoms with Crippen LogP contribution in [0.25, 0.3) is 0 Å². The predicted octanol–water partition coefficient (Wildman–Crippen LogP) is 5.66. The minimum atomic E-state index is -0.581. The van der Waals surface area contributed by atoms with E-state index in [4.69, 9.17) is 0 Å². The number of carbonyl (C=O) groups excluding carboxylic acids is 3. The summed E-state index contributed by atoms with van der Waals surface area (Å²) < 4.78 is 0. The molecule has 0 aliphatic heterocycles. The Morgan fingerprint density at radius 2 is 1.71 bits per heavy atom. The molecular formula is C30H50N2O3. The molecule has 0 bridgehead atoms. The largest absolute Gasteiger partial charge is 0.348 e. The summed E-state index contributed by atoms with van der Waals surface area (Å²) in [5.74, 6) is 4.13. The lowest BCUT2D eigenvalue weighted by atomic mass is 9.45. The van der Waals surface area contributed by atoms with Gasteiger partial charge < -0.3 is 15.4 Å². The third-order valence-electron chi connectivity index (χ3n) is 11.4. The van der Waals surface area contributed by atoms with Crippen molar-refractivity contribution in [1.82, 2.24) is 10.6 Å². The summed E-state index contributed by atoms with van der Waals surface area (Å²) in [4.78, 5) is 35.5. The molecule has 0 saturated heterocycles. The summed E-state index contributed by atoms with van der Waals surface area (Å²) in [5.41, 5.74) is 1.05. The summed E-state index contributed by atoms with van der Waals surface area (Å²) in [7, 11) is 0. The predicted molar refractivity (Wildman–Crippen MR) is 140 cm³/mol. The maximum atomic E-state index is 12.7. The van der Waals surface area contributed by atoms with Gasteiger partial charge in [-0.1, -0.05) is 40.5 Å². The van der Waals surface area contributed by atoms with Gasteiger partial charge in [0.25, 0.3) is 0 Å². The quantitative estimate of drug-likeness (QED) is 0.413. The molecule has 2 N–H and O–H groups in total. The minimum absolute atomic E-state index is 0.0129. The fourth-order valence-electron chi connectivity index (χ4n) is 9.42. The first-order valence-corrected chi connectivity index (χ1v) is 14.7. The van der Waals surface area contributed by atoms with E-state index in [0.29, 0.717) is 23.5 Å². The molecule has 35 heavy (non-hydrogen) atoms. The molecule has 4 aliphatic rings. The number of aldehydes is 1. The molecule has 4 rings (SSSR count). The van der Waals surface area contributed by atoms with Gasteiger partial charge in [-0.2, -0.15) is 0 Å². The summed E-state index contributed by atoms with van der Waals surface area (Å²) in [6.45, 7) is 9.07. The van der Waals surface area contributed by atoms with Gasteiger partial charge in [0.05, 0.1) is 6.54 Å². The van der Waals surface area contributed by atoms with E-state index in [1.165, 1.54) is 64.2 Å². The van der Waals surface area contributed by atoms with Gasteiger partial charge in [-0.25, -0.2) is 0 Å². The van der Waals surface area contributed by atoms with Crippen LogP contribution in [0.3, 0.4) is 0 Å². The normalized spacial score (nSPS) is 39.2. The van der Waals surface area contributed by atoms with Crippen molar-refractivity contribution < 1.29 is 14.4 Å². The lowest BCUT2D eigenvalue weighted by Crippen LogP contribution is -2.52. The Hall–Kier alpha value is -1.39. The van der Waals surface area contributed by atoms with Crippen LogP contribution in [0.1, 0.15) is 111 Å². The van der Waals surface area contributed by atoms with Crippen molar-refractivity contribution in [1.29, 1.82) is 0 Å². The number of carbonyl (C=O) groups is 3. The Labute approximate surface area is 213 Å². The smallest absolute Gasteiger partial charge is 0.243 e. The summed E-state index contributed by atoms with van der Waals surface area (Å²) in [5, 5.41) is 5.49. The lowest BCUT2D eigenvalue weighted by Gasteiger charge is -2.60. The molecule has 198 valence electrons. The van der Waals surface area contributed by atoms with Gasteiger partial charge in [0.2, 0.25) is 11.8 Å². The van der Waals surface area contributed by atoms with Crippen LogP contribution in [-0.4, -0.2) is 30.7 Å². The fourth-order valence-corrected chi connectivity index (χ4v) is 9.42. The fraction of sp³-hybridized carbons (Fsp3) is 0.900. The van der Waals surface area contributed by atoms with Gasteiger partial charge in [0, 0.05) is 6.42 Å². The van der Waals surface area contributed by atoms with Crippen LogP contribution in [0.5, 0.6) is 0 Å². The molecule has 0 radical (unpaired) electrons. The second-order valence-corrected chi connectivity index (χ2v) is 13.3. The van der Waals surface area contributed by atoms with Crippen molar-refractivity contribution in [3.63, 3.8) is 0 Å². The van der Waals surface area contributed by atoms with E-state index in [1.807, 2.05) is 13.8 Å². The maximum absolute atomic E-state index is 12.7. The van der Waals surface area contributed by atoms with Crippen molar-refractivity contribution in [3.8, 4) is 0 Å². The number of hydrogen-bond acceptors (Lipinski definition) is 3. The van der Waals surface area contributed by atoms with E-state index in [0.717, 1.165) is 42.4 Å². The Balaban J connectivity index is 1.30. The molecule has 0 aromatic heterocycles. The molecule has 4 fully saturated rings. The summed E-state index contributed by atoms with van der Waals surface area (Å²) in [6.07, 6.45) is 17.5. The zero-order valence-corrected chi connectivity index (χ0v) is 22.7. The number of nitrogens with one attached hydrogen (secondary N) is 2. The molecule has 4 saturated carbocycles. The first-order valence-electron chi connectivity index (χ1n) is 14.7. The molecule has 4 aliphatic carbocycles. The van der Waals surface area contributed by atoms with Gasteiger partial charge in [0.15, 0.2) is 0 Å². The maximum Gasteiger partial charge on any atom is 0.243 e. The third-order valence-corrected chi connectivity index (χ3v) is 11.4. The summed E-state index contributed by atoms with van der Waals surface area (Å²) >= 11 is 0. The number of fused-ring (bicyclic) bond motifs is 5. The Morgan fingerprint density at radius 3 is 2.46 bits per heavy atom. The first-order chi connectivity index (χ1) is 16.7. The molecule has 5 heteroatoms. The Morgan fingerprint density at radius 1 is 0.943 bits per heavy atom. The van der Waals surface area contributed by atoms with Crippen LogP contribution in [0, 0.1) is 46.3 Å². The molecule has 0 aromatic rings. The topological polar surface area (TPSA) is 75.3 Å². The highest BCUT2D eigenvalue weighted by atomic mass is 16.2. The third kappa shape index (κ3) is 5.21.